The lowest BCUT2D eigenvalue weighted by Gasteiger charge is -2.20. The Hall–Kier alpha value is -0.930. The minimum Gasteiger partial charge on any atom is -0.378 e. The van der Waals surface area contributed by atoms with Crippen molar-refractivity contribution < 1.29 is 9.13 Å². The Balaban J connectivity index is 1.90. The zero-order chi connectivity index (χ0) is 14.2. The molecule has 20 heavy (non-hydrogen) atoms. The molecular weight excluding hydrogens is 253 g/mol. The van der Waals surface area contributed by atoms with Gasteiger partial charge in [0, 0.05) is 13.2 Å². The molecule has 0 aliphatic carbocycles. The van der Waals surface area contributed by atoms with Gasteiger partial charge in [-0.2, -0.15) is 0 Å². The summed E-state index contributed by atoms with van der Waals surface area (Å²) in [7, 11) is 0. The van der Waals surface area contributed by atoms with E-state index in [2.05, 4.69) is 12.2 Å². The van der Waals surface area contributed by atoms with Crippen molar-refractivity contribution in [2.24, 2.45) is 0 Å². The highest BCUT2D eigenvalue weighted by Crippen LogP contribution is 2.25. The van der Waals surface area contributed by atoms with Crippen LogP contribution in [0, 0.1) is 5.82 Å². The quantitative estimate of drug-likeness (QED) is 0.729. The number of rotatable bonds is 8. The van der Waals surface area contributed by atoms with Gasteiger partial charge in [0.1, 0.15) is 5.82 Å². The molecule has 2 unspecified atom stereocenters. The van der Waals surface area contributed by atoms with Gasteiger partial charge < -0.3 is 10.1 Å². The van der Waals surface area contributed by atoms with Crippen LogP contribution in [0.15, 0.2) is 24.3 Å². The van der Waals surface area contributed by atoms with Gasteiger partial charge in [0.15, 0.2) is 0 Å². The zero-order valence-corrected chi connectivity index (χ0v) is 12.4. The van der Waals surface area contributed by atoms with Crippen LogP contribution >= 0.6 is 0 Å². The van der Waals surface area contributed by atoms with Crippen molar-refractivity contribution in [3.8, 4) is 0 Å². The van der Waals surface area contributed by atoms with Crippen LogP contribution in [0.4, 0.5) is 4.39 Å². The molecule has 0 spiro atoms. The maximum atomic E-state index is 13.1. The Morgan fingerprint density at radius 3 is 2.80 bits per heavy atom. The Kier molecular flexibility index (Phi) is 6.48. The first-order valence-electron chi connectivity index (χ1n) is 7.87. The van der Waals surface area contributed by atoms with E-state index in [0.29, 0.717) is 12.0 Å². The normalized spacial score (nSPS) is 20.2. The third-order valence-corrected chi connectivity index (χ3v) is 4.02. The number of hydrogen-bond acceptors (Lipinski definition) is 2. The lowest BCUT2D eigenvalue weighted by molar-refractivity contribution is 0.101. The van der Waals surface area contributed by atoms with E-state index in [1.807, 2.05) is 12.1 Å². The summed E-state index contributed by atoms with van der Waals surface area (Å²) in [6, 6.07) is 6.97. The van der Waals surface area contributed by atoms with Crippen LogP contribution < -0.4 is 5.32 Å². The first kappa shape index (κ1) is 15.5. The van der Waals surface area contributed by atoms with Crippen molar-refractivity contribution >= 4 is 0 Å². The third kappa shape index (κ3) is 4.88. The fraction of sp³-hybridized carbons (Fsp3) is 0.647. The van der Waals surface area contributed by atoms with Crippen LogP contribution in [0.2, 0.25) is 0 Å². The van der Waals surface area contributed by atoms with E-state index in [9.17, 15) is 4.39 Å². The van der Waals surface area contributed by atoms with Crippen LogP contribution in [0.25, 0.3) is 0 Å². The van der Waals surface area contributed by atoms with E-state index < -0.39 is 0 Å². The predicted octanol–water partition coefficient (Wildman–Crippen LogP) is 3.87. The van der Waals surface area contributed by atoms with Gasteiger partial charge in [-0.15, -0.1) is 0 Å². The SMILES string of the molecule is CCCNCC(CCC1CCCO1)c1ccc(F)cc1. The molecule has 1 aromatic carbocycles. The topological polar surface area (TPSA) is 21.3 Å². The molecule has 1 aliphatic rings. The highest BCUT2D eigenvalue weighted by atomic mass is 19.1. The maximum Gasteiger partial charge on any atom is 0.123 e. The minimum absolute atomic E-state index is 0.159. The molecule has 1 aromatic rings. The standard InChI is InChI=1S/C17H26FNO/c1-2-11-19-13-15(7-10-17-4-3-12-20-17)14-5-8-16(18)9-6-14/h5-6,8-9,15,17,19H,2-4,7,10-13H2,1H3. The summed E-state index contributed by atoms with van der Waals surface area (Å²) in [6.45, 7) is 5.09. The molecule has 1 fully saturated rings. The van der Waals surface area contributed by atoms with E-state index in [1.54, 1.807) is 12.1 Å². The van der Waals surface area contributed by atoms with Gasteiger partial charge in [0.2, 0.25) is 0 Å². The highest BCUT2D eigenvalue weighted by Gasteiger charge is 2.18. The van der Waals surface area contributed by atoms with Gasteiger partial charge in [0.05, 0.1) is 6.10 Å². The minimum atomic E-state index is -0.159. The van der Waals surface area contributed by atoms with Gasteiger partial charge in [-0.05, 0) is 62.3 Å². The Labute approximate surface area is 121 Å². The number of benzene rings is 1. The summed E-state index contributed by atoms with van der Waals surface area (Å²) < 4.78 is 18.8. The summed E-state index contributed by atoms with van der Waals surface area (Å²) in [5.74, 6) is 0.291. The van der Waals surface area contributed by atoms with Crippen LogP contribution in [-0.4, -0.2) is 25.8 Å². The van der Waals surface area contributed by atoms with E-state index in [4.69, 9.17) is 4.74 Å². The van der Waals surface area contributed by atoms with Crippen molar-refractivity contribution in [3.05, 3.63) is 35.6 Å². The monoisotopic (exact) mass is 279 g/mol. The molecule has 1 heterocycles. The third-order valence-electron chi connectivity index (χ3n) is 4.02. The first-order chi connectivity index (χ1) is 9.79. The molecule has 2 atom stereocenters. The van der Waals surface area contributed by atoms with E-state index in [1.165, 1.54) is 18.4 Å². The summed E-state index contributed by atoms with van der Waals surface area (Å²) >= 11 is 0. The second-order valence-electron chi connectivity index (χ2n) is 5.66. The Bertz CT molecular complexity index is 373. The molecule has 1 saturated heterocycles. The first-order valence-corrected chi connectivity index (χ1v) is 7.87. The lowest BCUT2D eigenvalue weighted by atomic mass is 9.92. The number of halogens is 1. The molecule has 1 N–H and O–H groups in total. The predicted molar refractivity (Wildman–Crippen MR) is 80.5 cm³/mol. The van der Waals surface area contributed by atoms with Crippen LogP contribution in [0.1, 0.15) is 50.5 Å². The van der Waals surface area contributed by atoms with Crippen LogP contribution in [-0.2, 0) is 4.74 Å². The summed E-state index contributed by atoms with van der Waals surface area (Å²) in [4.78, 5) is 0. The van der Waals surface area contributed by atoms with Gasteiger partial charge >= 0.3 is 0 Å². The van der Waals surface area contributed by atoms with Gasteiger partial charge in [-0.3, -0.25) is 0 Å². The Morgan fingerprint density at radius 2 is 2.15 bits per heavy atom. The Morgan fingerprint density at radius 1 is 1.35 bits per heavy atom. The number of ether oxygens (including phenoxy) is 1. The van der Waals surface area contributed by atoms with Gasteiger partial charge in [-0.25, -0.2) is 4.39 Å². The molecular formula is C17H26FNO. The fourth-order valence-corrected chi connectivity index (χ4v) is 2.83. The second kappa shape index (κ2) is 8.38. The molecule has 3 heteroatoms. The average Bonchev–Trinajstić information content (AvgIpc) is 2.97. The highest BCUT2D eigenvalue weighted by molar-refractivity contribution is 5.20. The molecule has 0 amide bonds. The largest absolute Gasteiger partial charge is 0.378 e. The van der Waals surface area contributed by atoms with E-state index in [-0.39, 0.29) is 5.82 Å². The van der Waals surface area contributed by atoms with Crippen molar-refractivity contribution in [1.82, 2.24) is 5.32 Å². The van der Waals surface area contributed by atoms with Crippen LogP contribution in [0.5, 0.6) is 0 Å². The summed E-state index contributed by atoms with van der Waals surface area (Å²) in [6.07, 6.45) is 6.17. The molecule has 0 aromatic heterocycles. The maximum absolute atomic E-state index is 13.1. The summed E-state index contributed by atoms with van der Waals surface area (Å²) in [5.41, 5.74) is 1.23. The van der Waals surface area contributed by atoms with Crippen molar-refractivity contribution in [2.75, 3.05) is 19.7 Å². The molecule has 1 aliphatic heterocycles. The van der Waals surface area contributed by atoms with Crippen molar-refractivity contribution in [1.29, 1.82) is 0 Å². The van der Waals surface area contributed by atoms with Crippen molar-refractivity contribution in [3.63, 3.8) is 0 Å². The fourth-order valence-electron chi connectivity index (χ4n) is 2.83. The summed E-state index contributed by atoms with van der Waals surface area (Å²) in [5, 5.41) is 3.49. The van der Waals surface area contributed by atoms with Crippen LogP contribution in [0.3, 0.4) is 0 Å². The molecule has 0 saturated carbocycles. The van der Waals surface area contributed by atoms with Gasteiger partial charge in [0.25, 0.3) is 0 Å². The van der Waals surface area contributed by atoms with E-state index >= 15 is 0 Å². The lowest BCUT2D eigenvalue weighted by Crippen LogP contribution is -2.23. The molecule has 0 radical (unpaired) electrons. The second-order valence-corrected chi connectivity index (χ2v) is 5.66. The smallest absolute Gasteiger partial charge is 0.123 e. The molecule has 2 nitrogen and oxygen atoms in total. The zero-order valence-electron chi connectivity index (χ0n) is 12.4. The number of hydrogen-bond donors (Lipinski definition) is 1. The van der Waals surface area contributed by atoms with Gasteiger partial charge in [-0.1, -0.05) is 19.1 Å². The van der Waals surface area contributed by atoms with E-state index in [0.717, 1.165) is 39.0 Å². The molecule has 0 bridgehead atoms. The molecule has 112 valence electrons. The molecule has 2 rings (SSSR count). The number of nitrogens with one attached hydrogen (secondary N) is 1. The van der Waals surface area contributed by atoms with Crippen molar-refractivity contribution in [2.45, 2.75) is 51.0 Å². The average molecular weight is 279 g/mol.